The third kappa shape index (κ3) is 2.42. The van der Waals surface area contributed by atoms with Gasteiger partial charge in [0.15, 0.2) is 0 Å². The first-order valence-corrected chi connectivity index (χ1v) is 6.71. The van der Waals surface area contributed by atoms with E-state index in [1.54, 1.807) is 17.5 Å². The Morgan fingerprint density at radius 1 is 1.47 bits per heavy atom. The predicted octanol–water partition coefficient (Wildman–Crippen LogP) is 3.05. The fourth-order valence-electron chi connectivity index (χ4n) is 1.86. The highest BCUT2D eigenvalue weighted by Crippen LogP contribution is 2.30. The van der Waals surface area contributed by atoms with Crippen molar-refractivity contribution in [3.05, 3.63) is 39.3 Å². The molecular weight excluding hydrogens is 232 g/mol. The van der Waals surface area contributed by atoms with Gasteiger partial charge in [0.05, 0.1) is 5.69 Å². The van der Waals surface area contributed by atoms with E-state index < -0.39 is 6.10 Å². The van der Waals surface area contributed by atoms with Crippen LogP contribution < -0.4 is 0 Å². The molecule has 0 fully saturated rings. The van der Waals surface area contributed by atoms with Crippen LogP contribution in [0.4, 0.5) is 0 Å². The van der Waals surface area contributed by atoms with Crippen LogP contribution in [0.2, 0.25) is 0 Å². The number of nitrogens with zero attached hydrogens (tertiary/aromatic N) is 2. The monoisotopic (exact) mass is 250 g/mol. The average molecular weight is 250 g/mol. The number of thiophene rings is 1. The van der Waals surface area contributed by atoms with Crippen molar-refractivity contribution in [1.82, 2.24) is 9.78 Å². The molecule has 0 amide bonds. The molecule has 0 aliphatic carbocycles. The third-order valence-electron chi connectivity index (χ3n) is 2.92. The van der Waals surface area contributed by atoms with E-state index in [2.05, 4.69) is 31.9 Å². The van der Waals surface area contributed by atoms with Gasteiger partial charge in [-0.25, -0.2) is 0 Å². The molecule has 0 radical (unpaired) electrons. The highest BCUT2D eigenvalue weighted by atomic mass is 32.1. The molecule has 0 aliphatic rings. The molecular formula is C13H18N2OS. The molecule has 1 N–H and O–H groups in total. The zero-order valence-corrected chi connectivity index (χ0v) is 11.3. The largest absolute Gasteiger partial charge is 0.381 e. The van der Waals surface area contributed by atoms with Gasteiger partial charge >= 0.3 is 0 Å². The van der Waals surface area contributed by atoms with Crippen LogP contribution >= 0.6 is 11.3 Å². The Hall–Kier alpha value is -1.13. The summed E-state index contributed by atoms with van der Waals surface area (Å²) in [7, 11) is 0. The second kappa shape index (κ2) is 5.02. The maximum absolute atomic E-state index is 10.4. The second-order valence-corrected chi connectivity index (χ2v) is 5.56. The molecule has 4 heteroatoms. The Labute approximate surface area is 106 Å². The van der Waals surface area contributed by atoms with Gasteiger partial charge in [-0.3, -0.25) is 4.68 Å². The minimum absolute atomic E-state index is 0.554. The molecule has 2 heterocycles. The predicted molar refractivity (Wildman–Crippen MR) is 70.4 cm³/mol. The Morgan fingerprint density at radius 3 is 2.82 bits per heavy atom. The summed E-state index contributed by atoms with van der Waals surface area (Å²) in [5.41, 5.74) is 2.12. The van der Waals surface area contributed by atoms with Crippen molar-refractivity contribution >= 4 is 11.3 Å². The molecule has 2 aromatic heterocycles. The summed E-state index contributed by atoms with van der Waals surface area (Å²) in [6.45, 7) is 7.12. The highest BCUT2D eigenvalue weighted by molar-refractivity contribution is 7.12. The van der Waals surface area contributed by atoms with Gasteiger partial charge in [-0.1, -0.05) is 6.92 Å². The molecule has 17 heavy (non-hydrogen) atoms. The molecule has 0 spiro atoms. The number of aromatic nitrogens is 2. The van der Waals surface area contributed by atoms with Gasteiger partial charge in [-0.15, -0.1) is 11.3 Å². The van der Waals surface area contributed by atoms with Crippen molar-refractivity contribution < 1.29 is 5.11 Å². The molecule has 0 aromatic carbocycles. The second-order valence-electron chi connectivity index (χ2n) is 4.27. The van der Waals surface area contributed by atoms with Gasteiger partial charge in [0, 0.05) is 22.5 Å². The van der Waals surface area contributed by atoms with Crippen LogP contribution in [0.25, 0.3) is 0 Å². The lowest BCUT2D eigenvalue weighted by Crippen LogP contribution is -2.09. The van der Waals surface area contributed by atoms with Crippen LogP contribution in [0.15, 0.2) is 18.3 Å². The Bertz CT molecular complexity index is 482. The van der Waals surface area contributed by atoms with Gasteiger partial charge in [0.25, 0.3) is 0 Å². The van der Waals surface area contributed by atoms with Crippen molar-refractivity contribution in [2.75, 3.05) is 0 Å². The topological polar surface area (TPSA) is 38.0 Å². The number of hydrogen-bond acceptors (Lipinski definition) is 3. The Kier molecular flexibility index (Phi) is 3.64. The van der Waals surface area contributed by atoms with Crippen LogP contribution in [-0.2, 0) is 6.54 Å². The average Bonchev–Trinajstić information content (AvgIpc) is 2.87. The van der Waals surface area contributed by atoms with Crippen LogP contribution in [0.3, 0.4) is 0 Å². The van der Waals surface area contributed by atoms with Gasteiger partial charge in [0.1, 0.15) is 6.10 Å². The van der Waals surface area contributed by atoms with E-state index in [1.807, 2.05) is 10.7 Å². The van der Waals surface area contributed by atoms with E-state index in [1.165, 1.54) is 10.4 Å². The Balaban J connectivity index is 2.29. The van der Waals surface area contributed by atoms with Crippen LogP contribution in [-0.4, -0.2) is 14.9 Å². The maximum atomic E-state index is 10.4. The Morgan fingerprint density at radius 2 is 2.24 bits per heavy atom. The van der Waals surface area contributed by atoms with Crippen molar-refractivity contribution in [3.63, 3.8) is 0 Å². The SMILES string of the molecule is CCCn1nccc1C(O)c1cc(C)c(C)s1. The van der Waals surface area contributed by atoms with Gasteiger partial charge in [-0.2, -0.15) is 5.10 Å². The smallest absolute Gasteiger partial charge is 0.130 e. The molecule has 2 aromatic rings. The molecule has 1 atom stereocenters. The van der Waals surface area contributed by atoms with E-state index in [9.17, 15) is 5.11 Å². The maximum Gasteiger partial charge on any atom is 0.130 e. The van der Waals surface area contributed by atoms with Gasteiger partial charge in [-0.05, 0) is 38.0 Å². The summed E-state index contributed by atoms with van der Waals surface area (Å²) in [6.07, 6.45) is 2.22. The first-order chi connectivity index (χ1) is 8.13. The summed E-state index contributed by atoms with van der Waals surface area (Å²) < 4.78 is 1.88. The van der Waals surface area contributed by atoms with Crippen LogP contribution in [0.1, 0.15) is 40.5 Å². The molecule has 2 rings (SSSR count). The number of rotatable bonds is 4. The van der Waals surface area contributed by atoms with Gasteiger partial charge < -0.3 is 5.11 Å². The number of aliphatic hydroxyl groups excluding tert-OH is 1. The number of aryl methyl sites for hydroxylation is 3. The highest BCUT2D eigenvalue weighted by Gasteiger charge is 2.17. The molecule has 92 valence electrons. The summed E-state index contributed by atoms with van der Waals surface area (Å²) in [5.74, 6) is 0. The molecule has 0 saturated heterocycles. The summed E-state index contributed by atoms with van der Waals surface area (Å²) in [5, 5.41) is 14.6. The summed E-state index contributed by atoms with van der Waals surface area (Å²) in [4.78, 5) is 2.26. The molecule has 0 aliphatic heterocycles. The minimum atomic E-state index is -0.554. The van der Waals surface area contributed by atoms with E-state index in [-0.39, 0.29) is 0 Å². The van der Waals surface area contributed by atoms with E-state index in [0.717, 1.165) is 23.5 Å². The van der Waals surface area contributed by atoms with E-state index in [4.69, 9.17) is 0 Å². The molecule has 0 bridgehead atoms. The quantitative estimate of drug-likeness (QED) is 0.905. The lowest BCUT2D eigenvalue weighted by Gasteiger charge is -2.11. The lowest BCUT2D eigenvalue weighted by molar-refractivity contribution is 0.211. The molecule has 1 unspecified atom stereocenters. The van der Waals surface area contributed by atoms with Crippen LogP contribution in [0.5, 0.6) is 0 Å². The zero-order chi connectivity index (χ0) is 12.4. The molecule has 3 nitrogen and oxygen atoms in total. The number of hydrogen-bond donors (Lipinski definition) is 1. The summed E-state index contributed by atoms with van der Waals surface area (Å²) >= 11 is 1.66. The normalized spacial score (nSPS) is 12.9. The van der Waals surface area contributed by atoms with Crippen molar-refractivity contribution in [2.24, 2.45) is 0 Å². The van der Waals surface area contributed by atoms with Gasteiger partial charge in [0.2, 0.25) is 0 Å². The van der Waals surface area contributed by atoms with Crippen LogP contribution in [0, 0.1) is 13.8 Å². The first kappa shape index (κ1) is 12.3. The third-order valence-corrected chi connectivity index (χ3v) is 4.12. The zero-order valence-electron chi connectivity index (χ0n) is 10.5. The minimum Gasteiger partial charge on any atom is -0.381 e. The fraction of sp³-hybridized carbons (Fsp3) is 0.462. The number of aliphatic hydroxyl groups is 1. The standard InChI is InChI=1S/C13H18N2OS/c1-4-7-15-11(5-6-14-15)13(16)12-8-9(2)10(3)17-12/h5-6,8,13,16H,4,7H2,1-3H3. The molecule has 0 saturated carbocycles. The van der Waals surface area contributed by atoms with E-state index >= 15 is 0 Å². The van der Waals surface area contributed by atoms with Crippen molar-refractivity contribution in [2.45, 2.75) is 39.8 Å². The summed E-state index contributed by atoms with van der Waals surface area (Å²) in [6, 6.07) is 3.96. The lowest BCUT2D eigenvalue weighted by atomic mass is 10.2. The fourth-order valence-corrected chi connectivity index (χ4v) is 2.90. The van der Waals surface area contributed by atoms with E-state index in [0.29, 0.717) is 0 Å². The van der Waals surface area contributed by atoms with Crippen molar-refractivity contribution in [1.29, 1.82) is 0 Å². The first-order valence-electron chi connectivity index (χ1n) is 5.90. The van der Waals surface area contributed by atoms with Crippen molar-refractivity contribution in [3.8, 4) is 0 Å².